The maximum absolute atomic E-state index is 12.8. The molecule has 0 spiro atoms. The van der Waals surface area contributed by atoms with Crippen molar-refractivity contribution < 1.29 is 22.7 Å². The number of carbonyl (C=O) groups is 2. The summed E-state index contributed by atoms with van der Waals surface area (Å²) in [7, 11) is -2.11. The van der Waals surface area contributed by atoms with Gasteiger partial charge in [0.2, 0.25) is 21.1 Å². The molecule has 174 valence electrons. The number of carbonyl (C=O) groups excluding carboxylic acids is 2. The molecule has 1 aromatic carbocycles. The van der Waals surface area contributed by atoms with Crippen molar-refractivity contribution in [2.75, 3.05) is 37.0 Å². The number of esters is 1. The van der Waals surface area contributed by atoms with E-state index in [1.807, 2.05) is 30.3 Å². The molecule has 1 aliphatic rings. The van der Waals surface area contributed by atoms with Crippen LogP contribution in [0.2, 0.25) is 0 Å². The summed E-state index contributed by atoms with van der Waals surface area (Å²) in [6.45, 7) is 0.604. The van der Waals surface area contributed by atoms with Crippen LogP contribution in [0.3, 0.4) is 0 Å². The molecule has 0 unspecified atom stereocenters. The molecule has 32 heavy (non-hydrogen) atoms. The zero-order valence-electron chi connectivity index (χ0n) is 17.7. The van der Waals surface area contributed by atoms with Crippen molar-refractivity contribution in [1.82, 2.24) is 14.5 Å². The van der Waals surface area contributed by atoms with Crippen LogP contribution in [0.15, 0.2) is 34.7 Å². The van der Waals surface area contributed by atoms with Crippen molar-refractivity contribution in [3.8, 4) is 0 Å². The highest BCUT2D eigenvalue weighted by Crippen LogP contribution is 2.27. The van der Waals surface area contributed by atoms with Gasteiger partial charge in [0, 0.05) is 13.1 Å². The average molecular weight is 499 g/mol. The first-order chi connectivity index (χ1) is 15.4. The first-order valence-electron chi connectivity index (χ1n) is 10.2. The number of benzene rings is 1. The molecule has 0 radical (unpaired) electrons. The highest BCUT2D eigenvalue weighted by atomic mass is 32.2. The molecule has 2 aromatic rings. The summed E-state index contributed by atoms with van der Waals surface area (Å²) in [4.78, 5) is 23.9. The molecule has 1 amide bonds. The van der Waals surface area contributed by atoms with E-state index in [0.29, 0.717) is 41.7 Å². The van der Waals surface area contributed by atoms with E-state index in [2.05, 4.69) is 20.3 Å². The smallest absolute Gasteiger partial charge is 0.316 e. The number of nitrogens with one attached hydrogen (secondary N) is 1. The lowest BCUT2D eigenvalue weighted by Gasteiger charge is -2.31. The van der Waals surface area contributed by atoms with Gasteiger partial charge in [-0.2, -0.15) is 0 Å². The SMILES string of the molecule is COC(=O)CSc1nnc(NC(=O)[C@H]2CCCN(S(=O)(=O)CCCc3ccccc3)C2)s1. The van der Waals surface area contributed by atoms with Gasteiger partial charge in [-0.3, -0.25) is 9.59 Å². The summed E-state index contributed by atoms with van der Waals surface area (Å²) < 4.78 is 32.1. The van der Waals surface area contributed by atoms with E-state index in [9.17, 15) is 18.0 Å². The number of thioether (sulfide) groups is 1. The summed E-state index contributed by atoms with van der Waals surface area (Å²) in [6, 6.07) is 9.79. The Labute approximate surface area is 196 Å². The molecule has 0 saturated carbocycles. The fraction of sp³-hybridized carbons (Fsp3) is 0.500. The molecule has 9 nitrogen and oxygen atoms in total. The maximum Gasteiger partial charge on any atom is 0.316 e. The zero-order valence-corrected chi connectivity index (χ0v) is 20.2. The molecule has 12 heteroatoms. The Balaban J connectivity index is 1.49. The van der Waals surface area contributed by atoms with E-state index >= 15 is 0 Å². The van der Waals surface area contributed by atoms with Gasteiger partial charge in [0.25, 0.3) is 0 Å². The molecular weight excluding hydrogens is 472 g/mol. The number of aryl methyl sites for hydroxylation is 1. The van der Waals surface area contributed by atoms with Crippen molar-refractivity contribution >= 4 is 50.1 Å². The van der Waals surface area contributed by atoms with E-state index in [4.69, 9.17) is 0 Å². The standard InChI is InChI=1S/C20H26N4O5S3/c1-29-17(25)14-30-20-23-22-19(31-20)21-18(26)16-10-5-11-24(13-16)32(27,28)12-6-9-15-7-3-2-4-8-15/h2-4,7-8,16H,5-6,9-14H2,1H3,(H,21,22,26)/t16-/m0/s1. The van der Waals surface area contributed by atoms with Gasteiger partial charge in [0.15, 0.2) is 4.34 Å². The molecule has 2 heterocycles. The lowest BCUT2D eigenvalue weighted by molar-refractivity contribution is -0.137. The molecule has 1 saturated heterocycles. The first-order valence-corrected chi connectivity index (χ1v) is 13.6. The van der Waals surface area contributed by atoms with Crippen molar-refractivity contribution in [3.63, 3.8) is 0 Å². The Bertz CT molecular complexity index is 1010. The van der Waals surface area contributed by atoms with Gasteiger partial charge in [-0.25, -0.2) is 12.7 Å². The van der Waals surface area contributed by atoms with Crippen molar-refractivity contribution in [2.24, 2.45) is 5.92 Å². The molecule has 1 atom stereocenters. The minimum absolute atomic E-state index is 0.0629. The Morgan fingerprint density at radius 1 is 1.28 bits per heavy atom. The topological polar surface area (TPSA) is 119 Å². The number of ether oxygens (including phenoxy) is 1. The molecule has 1 aliphatic heterocycles. The van der Waals surface area contributed by atoms with Crippen molar-refractivity contribution in [1.29, 1.82) is 0 Å². The van der Waals surface area contributed by atoms with Crippen LogP contribution < -0.4 is 5.32 Å². The van der Waals surface area contributed by atoms with Crippen LogP contribution in [0, 0.1) is 5.92 Å². The summed E-state index contributed by atoms with van der Waals surface area (Å²) in [5.41, 5.74) is 1.11. The number of rotatable bonds is 10. The van der Waals surface area contributed by atoms with Crippen LogP contribution >= 0.6 is 23.1 Å². The minimum atomic E-state index is -3.43. The molecular formula is C20H26N4O5S3. The quantitative estimate of drug-likeness (QED) is 0.301. The number of methoxy groups -OCH3 is 1. The Kier molecular flexibility index (Phi) is 9.02. The second kappa shape index (κ2) is 11.7. The Hall–Kier alpha value is -2.02. The second-order valence-corrected chi connectivity index (χ2v) is 11.6. The number of anilines is 1. The predicted molar refractivity (Wildman–Crippen MR) is 124 cm³/mol. The number of amides is 1. The van der Waals surface area contributed by atoms with Crippen LogP contribution in [0.4, 0.5) is 5.13 Å². The highest BCUT2D eigenvalue weighted by molar-refractivity contribution is 8.01. The summed E-state index contributed by atoms with van der Waals surface area (Å²) in [5, 5.41) is 10.9. The number of hydrogen-bond acceptors (Lipinski definition) is 9. The largest absolute Gasteiger partial charge is 0.468 e. The van der Waals surface area contributed by atoms with Gasteiger partial charge in [-0.15, -0.1) is 10.2 Å². The number of piperidine rings is 1. The third-order valence-corrected chi connectivity index (χ3v) is 8.91. The number of nitrogens with zero attached hydrogens (tertiary/aromatic N) is 3. The van der Waals surface area contributed by atoms with E-state index in [1.54, 1.807) is 0 Å². The zero-order chi connectivity index (χ0) is 23.0. The van der Waals surface area contributed by atoms with Gasteiger partial charge < -0.3 is 10.1 Å². The van der Waals surface area contributed by atoms with Gasteiger partial charge in [-0.05, 0) is 31.2 Å². The third-order valence-electron chi connectivity index (χ3n) is 5.04. The van der Waals surface area contributed by atoms with Gasteiger partial charge >= 0.3 is 5.97 Å². The number of sulfonamides is 1. The third kappa shape index (κ3) is 7.26. The molecule has 1 fully saturated rings. The van der Waals surface area contributed by atoms with Crippen LogP contribution in [0.1, 0.15) is 24.8 Å². The van der Waals surface area contributed by atoms with Gasteiger partial charge in [-0.1, -0.05) is 53.4 Å². The Morgan fingerprint density at radius 2 is 2.06 bits per heavy atom. The lowest BCUT2D eigenvalue weighted by atomic mass is 9.99. The summed E-state index contributed by atoms with van der Waals surface area (Å²) in [5.74, 6) is -0.910. The fourth-order valence-corrected chi connectivity index (χ4v) is 6.52. The van der Waals surface area contributed by atoms with E-state index in [0.717, 1.165) is 16.9 Å². The van der Waals surface area contributed by atoms with E-state index in [1.165, 1.54) is 23.2 Å². The monoisotopic (exact) mass is 498 g/mol. The first kappa shape index (κ1) is 24.6. The molecule has 0 aliphatic carbocycles. The summed E-state index contributed by atoms with van der Waals surface area (Å²) >= 11 is 2.34. The lowest BCUT2D eigenvalue weighted by Crippen LogP contribution is -2.44. The predicted octanol–water partition coefficient (Wildman–Crippen LogP) is 2.42. The van der Waals surface area contributed by atoms with Gasteiger partial charge in [0.1, 0.15) is 0 Å². The van der Waals surface area contributed by atoms with Crippen LogP contribution in [-0.4, -0.2) is 66.5 Å². The van der Waals surface area contributed by atoms with Gasteiger partial charge in [0.05, 0.1) is 24.5 Å². The maximum atomic E-state index is 12.8. The van der Waals surface area contributed by atoms with E-state index < -0.39 is 15.9 Å². The van der Waals surface area contributed by atoms with Crippen LogP contribution in [-0.2, 0) is 30.8 Å². The van der Waals surface area contributed by atoms with Crippen molar-refractivity contribution in [3.05, 3.63) is 35.9 Å². The number of hydrogen-bond donors (Lipinski definition) is 1. The molecule has 3 rings (SSSR count). The Morgan fingerprint density at radius 3 is 2.81 bits per heavy atom. The average Bonchev–Trinajstić information content (AvgIpc) is 3.25. The molecule has 0 bridgehead atoms. The van der Waals surface area contributed by atoms with E-state index in [-0.39, 0.29) is 29.9 Å². The molecule has 1 aromatic heterocycles. The summed E-state index contributed by atoms with van der Waals surface area (Å²) in [6.07, 6.45) is 2.48. The fourth-order valence-electron chi connectivity index (χ4n) is 3.35. The van der Waals surface area contributed by atoms with Crippen LogP contribution in [0.25, 0.3) is 0 Å². The molecule has 1 N–H and O–H groups in total. The minimum Gasteiger partial charge on any atom is -0.468 e. The van der Waals surface area contributed by atoms with Crippen molar-refractivity contribution in [2.45, 2.75) is 30.0 Å². The highest BCUT2D eigenvalue weighted by Gasteiger charge is 2.32. The van der Waals surface area contributed by atoms with Crippen LogP contribution in [0.5, 0.6) is 0 Å². The number of aromatic nitrogens is 2. The normalized spacial score (nSPS) is 17.1. The second-order valence-electron chi connectivity index (χ2n) is 7.33.